The SMILES string of the molecule is COC(=O)C1=C(C)N(NC(N)=O)C2(N)N(NC(N)=O)C(C)=C(C(=O)OC)C12C(=O)N1CCCCC1. The van der Waals surface area contributed by atoms with E-state index in [2.05, 4.69) is 10.9 Å². The summed E-state index contributed by atoms with van der Waals surface area (Å²) >= 11 is 0. The summed E-state index contributed by atoms with van der Waals surface area (Å²) in [5.74, 6) is -5.04. The van der Waals surface area contributed by atoms with E-state index in [4.69, 9.17) is 26.7 Å². The van der Waals surface area contributed by atoms with E-state index in [9.17, 15) is 24.0 Å². The number of hydrogen-bond donors (Lipinski definition) is 5. The first-order chi connectivity index (χ1) is 16.4. The molecule has 15 heteroatoms. The first-order valence-corrected chi connectivity index (χ1v) is 10.8. The number of carbonyl (C=O) groups is 5. The van der Waals surface area contributed by atoms with Crippen molar-refractivity contribution in [3.8, 4) is 0 Å². The maximum Gasteiger partial charge on any atom is 0.337 e. The molecule has 192 valence electrons. The van der Waals surface area contributed by atoms with Crippen LogP contribution in [0.1, 0.15) is 33.1 Å². The van der Waals surface area contributed by atoms with Crippen LogP contribution in [-0.4, -0.2) is 77.9 Å². The van der Waals surface area contributed by atoms with Gasteiger partial charge in [0.25, 0.3) is 0 Å². The van der Waals surface area contributed by atoms with E-state index >= 15 is 0 Å². The van der Waals surface area contributed by atoms with Crippen molar-refractivity contribution in [1.82, 2.24) is 25.8 Å². The lowest BCUT2D eigenvalue weighted by molar-refractivity contribution is -0.160. The molecule has 3 heterocycles. The number of piperidine rings is 1. The highest BCUT2D eigenvalue weighted by Crippen LogP contribution is 2.61. The molecule has 0 atom stereocenters. The maximum absolute atomic E-state index is 14.4. The Kier molecular flexibility index (Phi) is 6.57. The number of nitrogens with two attached hydrogens (primary N) is 3. The van der Waals surface area contributed by atoms with Gasteiger partial charge in [0.05, 0.1) is 25.4 Å². The number of nitrogens with one attached hydrogen (secondary N) is 2. The molecule has 3 rings (SSSR count). The predicted octanol–water partition coefficient (Wildman–Crippen LogP) is -1.71. The topological polar surface area (TPSA) is 216 Å². The van der Waals surface area contributed by atoms with Gasteiger partial charge in [0, 0.05) is 24.5 Å². The molecule has 0 bridgehead atoms. The lowest BCUT2D eigenvalue weighted by Gasteiger charge is -2.49. The van der Waals surface area contributed by atoms with Gasteiger partial charge in [0.1, 0.15) is 0 Å². The molecule has 0 aliphatic carbocycles. The minimum absolute atomic E-state index is 0.0475. The van der Waals surface area contributed by atoms with Gasteiger partial charge in [-0.1, -0.05) is 0 Å². The monoisotopic (exact) mass is 494 g/mol. The molecule has 0 aromatic rings. The number of rotatable bonds is 5. The van der Waals surface area contributed by atoms with E-state index in [1.807, 2.05) is 0 Å². The Hall–Kier alpha value is -4.01. The van der Waals surface area contributed by atoms with Crippen LogP contribution in [0, 0.1) is 5.41 Å². The second-order valence-corrected chi connectivity index (χ2v) is 8.36. The summed E-state index contributed by atoms with van der Waals surface area (Å²) in [6.45, 7) is 3.41. The van der Waals surface area contributed by atoms with Crippen molar-refractivity contribution >= 4 is 29.9 Å². The van der Waals surface area contributed by atoms with E-state index in [0.717, 1.165) is 30.7 Å². The Balaban J connectivity index is 2.47. The standard InChI is InChI=1S/C20H30N8O7/c1-10-12(14(29)34-3)19(16(31)26-8-6-5-7-9-26)13(15(30)35-4)11(2)28(25-18(22)33)20(19,23)27(10)24-17(21)32/h5-9,23H2,1-4H3,(H3,21,24,32)(H3,22,25,33). The van der Waals surface area contributed by atoms with Crippen molar-refractivity contribution in [2.45, 2.75) is 38.9 Å². The molecule has 8 N–H and O–H groups in total. The van der Waals surface area contributed by atoms with Gasteiger partial charge in [-0.15, -0.1) is 0 Å². The summed E-state index contributed by atoms with van der Waals surface area (Å²) in [5, 5.41) is 1.89. The van der Waals surface area contributed by atoms with Gasteiger partial charge < -0.3 is 25.8 Å². The maximum atomic E-state index is 14.4. The fourth-order valence-corrected chi connectivity index (χ4v) is 5.28. The average molecular weight is 495 g/mol. The third-order valence-corrected chi connectivity index (χ3v) is 6.57. The molecular formula is C20H30N8O7. The number of likely N-dealkylation sites (tertiary alicyclic amines) is 1. The molecule has 0 saturated carbocycles. The highest BCUT2D eigenvalue weighted by molar-refractivity contribution is 6.12. The number of amides is 5. The molecule has 3 aliphatic heterocycles. The van der Waals surface area contributed by atoms with Crippen LogP contribution in [0.25, 0.3) is 0 Å². The van der Waals surface area contributed by atoms with Crippen LogP contribution < -0.4 is 28.1 Å². The number of primary amides is 2. The second-order valence-electron chi connectivity index (χ2n) is 8.36. The molecule has 5 amide bonds. The number of allylic oxidation sites excluding steroid dienone is 2. The molecule has 0 radical (unpaired) electrons. The zero-order valence-corrected chi connectivity index (χ0v) is 20.0. The number of hydrogen-bond acceptors (Lipinski definition) is 10. The largest absolute Gasteiger partial charge is 0.466 e. The lowest BCUT2D eigenvalue weighted by Crippen LogP contribution is -2.77. The van der Waals surface area contributed by atoms with E-state index < -0.39 is 41.1 Å². The zero-order chi connectivity index (χ0) is 26.3. The van der Waals surface area contributed by atoms with E-state index in [1.165, 1.54) is 18.7 Å². The second kappa shape index (κ2) is 8.98. The minimum Gasteiger partial charge on any atom is -0.466 e. The number of nitrogens with zero attached hydrogens (tertiary/aromatic N) is 3. The van der Waals surface area contributed by atoms with Crippen LogP contribution in [0.5, 0.6) is 0 Å². The van der Waals surface area contributed by atoms with Crippen LogP contribution in [0.2, 0.25) is 0 Å². The van der Waals surface area contributed by atoms with Crippen molar-refractivity contribution in [3.05, 3.63) is 22.5 Å². The average Bonchev–Trinajstić information content (AvgIpc) is 3.12. The van der Waals surface area contributed by atoms with Gasteiger partial charge in [0.2, 0.25) is 11.7 Å². The molecule has 35 heavy (non-hydrogen) atoms. The van der Waals surface area contributed by atoms with Gasteiger partial charge in [0.15, 0.2) is 5.41 Å². The van der Waals surface area contributed by atoms with Crippen molar-refractivity contribution in [1.29, 1.82) is 0 Å². The molecule has 1 saturated heterocycles. The van der Waals surface area contributed by atoms with Crippen molar-refractivity contribution < 1.29 is 33.4 Å². The Labute approximate surface area is 201 Å². The van der Waals surface area contributed by atoms with E-state index in [0.29, 0.717) is 25.9 Å². The van der Waals surface area contributed by atoms with Crippen molar-refractivity contribution in [3.63, 3.8) is 0 Å². The Morgan fingerprint density at radius 1 is 0.800 bits per heavy atom. The van der Waals surface area contributed by atoms with Gasteiger partial charge >= 0.3 is 24.0 Å². The molecule has 0 spiro atoms. The quantitative estimate of drug-likeness (QED) is 0.273. The highest BCUT2D eigenvalue weighted by atomic mass is 16.5. The Morgan fingerprint density at radius 2 is 1.20 bits per heavy atom. The van der Waals surface area contributed by atoms with E-state index in [-0.39, 0.29) is 22.5 Å². The van der Waals surface area contributed by atoms with Crippen LogP contribution in [-0.2, 0) is 23.9 Å². The predicted molar refractivity (Wildman–Crippen MR) is 118 cm³/mol. The van der Waals surface area contributed by atoms with Crippen LogP contribution >= 0.6 is 0 Å². The molecule has 0 aromatic carbocycles. The molecule has 1 fully saturated rings. The molecule has 0 unspecified atom stereocenters. The van der Waals surface area contributed by atoms with Gasteiger partial charge in [-0.2, -0.15) is 0 Å². The van der Waals surface area contributed by atoms with Gasteiger partial charge in [-0.05, 0) is 33.1 Å². The summed E-state index contributed by atoms with van der Waals surface area (Å²) in [6.07, 6.45) is 2.24. The summed E-state index contributed by atoms with van der Waals surface area (Å²) < 4.78 is 9.98. The lowest BCUT2D eigenvalue weighted by atomic mass is 9.69. The summed E-state index contributed by atoms with van der Waals surface area (Å²) in [5.41, 5.74) is 19.2. The third kappa shape index (κ3) is 3.41. The summed E-state index contributed by atoms with van der Waals surface area (Å²) in [7, 11) is 2.18. The fraction of sp³-hybridized carbons (Fsp3) is 0.550. The van der Waals surface area contributed by atoms with E-state index in [1.54, 1.807) is 0 Å². The normalized spacial score (nSPS) is 25.9. The van der Waals surface area contributed by atoms with Crippen LogP contribution in [0.15, 0.2) is 22.5 Å². The number of esters is 2. The van der Waals surface area contributed by atoms with Crippen LogP contribution in [0.4, 0.5) is 9.59 Å². The fourth-order valence-electron chi connectivity index (χ4n) is 5.28. The van der Waals surface area contributed by atoms with Crippen LogP contribution in [0.3, 0.4) is 0 Å². The van der Waals surface area contributed by atoms with Crippen molar-refractivity contribution in [2.24, 2.45) is 22.6 Å². The number of fused-ring (bicyclic) bond motifs is 1. The smallest absolute Gasteiger partial charge is 0.337 e. The Morgan fingerprint density at radius 3 is 1.54 bits per heavy atom. The zero-order valence-electron chi connectivity index (χ0n) is 20.0. The van der Waals surface area contributed by atoms with Gasteiger partial charge in [-0.25, -0.2) is 40.0 Å². The number of ether oxygens (including phenoxy) is 2. The molecule has 0 aromatic heterocycles. The first kappa shape index (κ1) is 25.6. The molecule has 3 aliphatic rings. The number of methoxy groups -OCH3 is 2. The Bertz CT molecular complexity index is 986. The first-order valence-electron chi connectivity index (χ1n) is 10.8. The highest BCUT2D eigenvalue weighted by Gasteiger charge is 2.78. The number of carbonyl (C=O) groups excluding carboxylic acids is 5. The number of hydrazine groups is 2. The van der Waals surface area contributed by atoms with Gasteiger partial charge in [-0.3, -0.25) is 10.5 Å². The summed E-state index contributed by atoms with van der Waals surface area (Å²) in [4.78, 5) is 66.4. The van der Waals surface area contributed by atoms with Crippen molar-refractivity contribution in [2.75, 3.05) is 27.3 Å². The third-order valence-electron chi connectivity index (χ3n) is 6.57. The minimum atomic E-state index is -2.33. The number of urea groups is 2. The molecule has 15 nitrogen and oxygen atoms in total. The molecular weight excluding hydrogens is 464 g/mol. The summed E-state index contributed by atoms with van der Waals surface area (Å²) in [6, 6.07) is -2.19.